The van der Waals surface area contributed by atoms with E-state index in [9.17, 15) is 0 Å². The van der Waals surface area contributed by atoms with Gasteiger partial charge in [-0.1, -0.05) is 5.16 Å². The van der Waals surface area contributed by atoms with E-state index < -0.39 is 0 Å². The van der Waals surface area contributed by atoms with Gasteiger partial charge in [0, 0.05) is 0 Å². The van der Waals surface area contributed by atoms with Crippen molar-refractivity contribution in [3.8, 4) is 0 Å². The molecule has 0 fully saturated rings. The first-order chi connectivity index (χ1) is 2.77. The number of nitrogens with zero attached hydrogens (tertiary/aromatic N) is 1. The van der Waals surface area contributed by atoms with Crippen molar-refractivity contribution >= 4 is 5.71 Å². The van der Waals surface area contributed by atoms with Crippen LogP contribution in [0.2, 0.25) is 0 Å². The molecule has 0 bridgehead atoms. The number of hydrogen-bond acceptors (Lipinski definition) is 2. The molecule has 2 radical (unpaired) electrons. The van der Waals surface area contributed by atoms with E-state index in [1.807, 2.05) is 0 Å². The zero-order chi connectivity index (χ0) is 4.99. The van der Waals surface area contributed by atoms with Crippen LogP contribution in [-0.2, 0) is 4.84 Å². The van der Waals surface area contributed by atoms with E-state index >= 15 is 0 Å². The maximum absolute atomic E-state index is 4.27. The Labute approximate surface area is 37.8 Å². The number of hydrogen-bond donors (Lipinski definition) is 0. The van der Waals surface area contributed by atoms with Crippen LogP contribution >= 0.6 is 0 Å². The highest BCUT2D eigenvalue weighted by atomic mass is 16.6. The molecule has 0 aromatic rings. The Morgan fingerprint density at radius 3 is 2.17 bits per heavy atom. The summed E-state index contributed by atoms with van der Waals surface area (Å²) in [4.78, 5) is 4.27. The molecule has 0 spiro atoms. The fraction of sp³-hybridized carbons (Fsp3) is 0.250. The summed E-state index contributed by atoms with van der Waals surface area (Å²) in [6.07, 6.45) is 0. The van der Waals surface area contributed by atoms with E-state index in [2.05, 4.69) is 23.8 Å². The van der Waals surface area contributed by atoms with Crippen molar-refractivity contribution in [2.24, 2.45) is 5.16 Å². The van der Waals surface area contributed by atoms with Gasteiger partial charge in [-0.15, -0.1) is 0 Å². The van der Waals surface area contributed by atoms with Gasteiger partial charge in [0.15, 0.2) is 0 Å². The summed E-state index contributed by atoms with van der Waals surface area (Å²) in [5.41, 5.74) is 0.442. The maximum atomic E-state index is 4.27. The SMILES string of the molecule is [CH2]C([CH2])=NOC. The molecule has 0 heterocycles. The van der Waals surface area contributed by atoms with E-state index in [0.717, 1.165) is 0 Å². The van der Waals surface area contributed by atoms with Gasteiger partial charge in [-0.05, 0) is 13.8 Å². The lowest BCUT2D eigenvalue weighted by atomic mass is 10.5. The van der Waals surface area contributed by atoms with Gasteiger partial charge in [0.05, 0.1) is 5.71 Å². The lowest BCUT2D eigenvalue weighted by molar-refractivity contribution is 0.214. The summed E-state index contributed by atoms with van der Waals surface area (Å²) in [6.45, 7) is 6.68. The lowest BCUT2D eigenvalue weighted by Crippen LogP contribution is -1.80. The van der Waals surface area contributed by atoms with Gasteiger partial charge >= 0.3 is 0 Å². The van der Waals surface area contributed by atoms with Crippen molar-refractivity contribution in [2.75, 3.05) is 7.11 Å². The van der Waals surface area contributed by atoms with Crippen molar-refractivity contribution in [3.63, 3.8) is 0 Å². The Bertz CT molecular complexity index is 54.6. The molecular weight excluding hydrogens is 78.0 g/mol. The van der Waals surface area contributed by atoms with Crippen LogP contribution in [0.3, 0.4) is 0 Å². The van der Waals surface area contributed by atoms with Gasteiger partial charge < -0.3 is 4.84 Å². The first-order valence-electron chi connectivity index (χ1n) is 1.52. The van der Waals surface area contributed by atoms with Gasteiger partial charge in [-0.25, -0.2) is 0 Å². The van der Waals surface area contributed by atoms with Crippen LogP contribution in [0.4, 0.5) is 0 Å². The van der Waals surface area contributed by atoms with E-state index in [-0.39, 0.29) is 0 Å². The van der Waals surface area contributed by atoms with E-state index in [4.69, 9.17) is 0 Å². The average Bonchev–Trinajstić information content (AvgIpc) is 1.35. The smallest absolute Gasteiger partial charge is 0.106 e. The monoisotopic (exact) mass is 85.1 g/mol. The zero-order valence-electron chi connectivity index (χ0n) is 3.77. The van der Waals surface area contributed by atoms with E-state index in [1.165, 1.54) is 7.11 Å². The highest BCUT2D eigenvalue weighted by Gasteiger charge is 1.69. The van der Waals surface area contributed by atoms with Crippen molar-refractivity contribution in [2.45, 2.75) is 0 Å². The first kappa shape index (κ1) is 5.47. The summed E-state index contributed by atoms with van der Waals surface area (Å²) in [6, 6.07) is 0. The Kier molecular flexibility index (Phi) is 2.46. The van der Waals surface area contributed by atoms with Crippen molar-refractivity contribution in [1.29, 1.82) is 0 Å². The molecule has 34 valence electrons. The Morgan fingerprint density at radius 1 is 1.67 bits per heavy atom. The second kappa shape index (κ2) is 2.69. The molecule has 0 rings (SSSR count). The van der Waals surface area contributed by atoms with Crippen molar-refractivity contribution in [3.05, 3.63) is 13.8 Å². The minimum atomic E-state index is 0.442. The summed E-state index contributed by atoms with van der Waals surface area (Å²) >= 11 is 0. The molecule has 0 unspecified atom stereocenters. The molecular formula is C4H7NO. The molecule has 0 saturated carbocycles. The molecule has 0 aromatic carbocycles. The topological polar surface area (TPSA) is 21.6 Å². The standard InChI is InChI=1S/C4H7NO/c1-4(2)5-6-3/h1-2H2,3H3. The Morgan fingerprint density at radius 2 is 2.17 bits per heavy atom. The van der Waals surface area contributed by atoms with Crippen LogP contribution in [-0.4, -0.2) is 12.8 Å². The molecule has 2 heteroatoms. The summed E-state index contributed by atoms with van der Waals surface area (Å²) in [5.74, 6) is 0. The largest absolute Gasteiger partial charge is 0.399 e. The summed E-state index contributed by atoms with van der Waals surface area (Å²) in [7, 11) is 1.45. The van der Waals surface area contributed by atoms with Crippen LogP contribution in [0, 0.1) is 13.8 Å². The molecule has 0 aliphatic heterocycles. The third kappa shape index (κ3) is 3.47. The minimum Gasteiger partial charge on any atom is -0.399 e. The van der Waals surface area contributed by atoms with Crippen LogP contribution < -0.4 is 0 Å². The van der Waals surface area contributed by atoms with Gasteiger partial charge in [-0.3, -0.25) is 0 Å². The Hall–Kier alpha value is -0.530. The molecule has 0 atom stereocenters. The van der Waals surface area contributed by atoms with Gasteiger partial charge in [0.2, 0.25) is 0 Å². The molecule has 0 amide bonds. The number of oxime groups is 1. The van der Waals surface area contributed by atoms with Crippen LogP contribution in [0.25, 0.3) is 0 Å². The van der Waals surface area contributed by atoms with Gasteiger partial charge in [0.25, 0.3) is 0 Å². The highest BCUT2D eigenvalue weighted by Crippen LogP contribution is 1.69. The molecule has 0 N–H and O–H groups in total. The molecule has 2 nitrogen and oxygen atoms in total. The summed E-state index contributed by atoms with van der Waals surface area (Å²) < 4.78 is 0. The fourth-order valence-corrected chi connectivity index (χ4v) is 0.129. The normalized spacial score (nSPS) is 7.17. The predicted molar refractivity (Wildman–Crippen MR) is 25.2 cm³/mol. The van der Waals surface area contributed by atoms with Crippen molar-refractivity contribution in [1.82, 2.24) is 0 Å². The quantitative estimate of drug-likeness (QED) is 0.338. The molecule has 0 aliphatic rings. The third-order valence-electron chi connectivity index (χ3n) is 0.220. The van der Waals surface area contributed by atoms with Crippen LogP contribution in [0.1, 0.15) is 0 Å². The third-order valence-corrected chi connectivity index (χ3v) is 0.220. The molecule has 0 aromatic heterocycles. The number of rotatable bonds is 1. The van der Waals surface area contributed by atoms with Gasteiger partial charge in [0.1, 0.15) is 7.11 Å². The maximum Gasteiger partial charge on any atom is 0.106 e. The first-order valence-corrected chi connectivity index (χ1v) is 1.52. The zero-order valence-corrected chi connectivity index (χ0v) is 3.77. The second-order valence-electron chi connectivity index (χ2n) is 0.840. The fourth-order valence-electron chi connectivity index (χ4n) is 0.129. The Balaban J connectivity index is 3.14. The van der Waals surface area contributed by atoms with E-state index in [0.29, 0.717) is 5.71 Å². The molecule has 6 heavy (non-hydrogen) atoms. The highest BCUT2D eigenvalue weighted by molar-refractivity contribution is 5.91. The van der Waals surface area contributed by atoms with Gasteiger partial charge in [-0.2, -0.15) is 0 Å². The second-order valence-corrected chi connectivity index (χ2v) is 0.840. The average molecular weight is 85.1 g/mol. The predicted octanol–water partition coefficient (Wildman–Crippen LogP) is 0.657. The summed E-state index contributed by atoms with van der Waals surface area (Å²) in [5, 5.41) is 3.32. The minimum absolute atomic E-state index is 0.442. The lowest BCUT2D eigenvalue weighted by Gasteiger charge is -1.83. The molecule has 0 saturated heterocycles. The van der Waals surface area contributed by atoms with Crippen LogP contribution in [0.15, 0.2) is 5.16 Å². The van der Waals surface area contributed by atoms with Crippen molar-refractivity contribution < 1.29 is 4.84 Å². The van der Waals surface area contributed by atoms with Crippen LogP contribution in [0.5, 0.6) is 0 Å². The molecule has 0 aliphatic carbocycles. The van der Waals surface area contributed by atoms with E-state index in [1.54, 1.807) is 0 Å².